The Bertz CT molecular complexity index is 1040. The molecule has 0 spiro atoms. The first-order valence-electron chi connectivity index (χ1n) is 9.39. The molecule has 31 heavy (non-hydrogen) atoms. The summed E-state index contributed by atoms with van der Waals surface area (Å²) in [5.74, 6) is -0.587. The second-order valence-electron chi connectivity index (χ2n) is 6.17. The number of halogens is 1. The number of methoxy groups -OCH3 is 1. The molecule has 0 unspecified atom stereocenters. The van der Waals surface area contributed by atoms with E-state index < -0.39 is 21.8 Å². The molecule has 0 heterocycles. The lowest BCUT2D eigenvalue weighted by Gasteiger charge is -2.19. The van der Waals surface area contributed by atoms with Gasteiger partial charge in [-0.3, -0.25) is 20.4 Å². The predicted molar refractivity (Wildman–Crippen MR) is 116 cm³/mol. The smallest absolute Gasteiger partial charge is 0.276 e. The molecule has 2 rings (SSSR count). The van der Waals surface area contributed by atoms with E-state index in [-0.39, 0.29) is 35.2 Å². The summed E-state index contributed by atoms with van der Waals surface area (Å²) < 4.78 is 37.1. The topological polar surface area (TPSA) is 114 Å². The average Bonchev–Trinajstić information content (AvgIpc) is 2.77. The monoisotopic (exact) mass is 469 g/mol. The molecule has 0 aromatic heterocycles. The van der Waals surface area contributed by atoms with Crippen LogP contribution >= 0.6 is 11.6 Å². The molecule has 0 atom stereocenters. The van der Waals surface area contributed by atoms with E-state index in [2.05, 4.69) is 10.9 Å². The van der Waals surface area contributed by atoms with Crippen LogP contribution < -0.4 is 20.3 Å². The highest BCUT2D eigenvalue weighted by atomic mass is 35.5. The van der Waals surface area contributed by atoms with E-state index in [0.717, 1.165) is 0 Å². The van der Waals surface area contributed by atoms with Gasteiger partial charge in [-0.15, -0.1) is 0 Å². The average molecular weight is 470 g/mol. The Morgan fingerprint density at radius 1 is 1.03 bits per heavy atom. The first-order valence-corrected chi connectivity index (χ1v) is 11.2. The fourth-order valence-electron chi connectivity index (χ4n) is 2.66. The van der Waals surface area contributed by atoms with Gasteiger partial charge in [-0.2, -0.15) is 4.31 Å². The van der Waals surface area contributed by atoms with Gasteiger partial charge in [0.05, 0.1) is 22.6 Å². The second kappa shape index (κ2) is 11.0. The molecule has 0 bridgehead atoms. The largest absolute Gasteiger partial charge is 0.493 e. The summed E-state index contributed by atoms with van der Waals surface area (Å²) in [4.78, 5) is 24.4. The van der Waals surface area contributed by atoms with Crippen LogP contribution in [0.4, 0.5) is 0 Å². The predicted octanol–water partition coefficient (Wildman–Crippen LogP) is 2.22. The summed E-state index contributed by atoms with van der Waals surface area (Å²) in [6, 6.07) is 10.6. The van der Waals surface area contributed by atoms with Gasteiger partial charge in [-0.05, 0) is 30.3 Å². The van der Waals surface area contributed by atoms with Crippen LogP contribution in [0.25, 0.3) is 0 Å². The molecule has 0 aliphatic carbocycles. The van der Waals surface area contributed by atoms with Gasteiger partial charge in [0, 0.05) is 13.1 Å². The van der Waals surface area contributed by atoms with E-state index in [0.29, 0.717) is 11.5 Å². The van der Waals surface area contributed by atoms with E-state index in [1.54, 1.807) is 38.1 Å². The third kappa shape index (κ3) is 6.09. The molecule has 2 amide bonds. The molecule has 0 saturated carbocycles. The number of benzene rings is 2. The molecule has 0 fully saturated rings. The third-order valence-electron chi connectivity index (χ3n) is 4.27. The summed E-state index contributed by atoms with van der Waals surface area (Å²) in [5, 5.41) is 0.0375. The van der Waals surface area contributed by atoms with Gasteiger partial charge in [-0.25, -0.2) is 8.42 Å². The van der Waals surface area contributed by atoms with Crippen LogP contribution in [0, 0.1) is 0 Å². The van der Waals surface area contributed by atoms with Crippen molar-refractivity contribution >= 4 is 33.4 Å². The molecule has 0 saturated heterocycles. The van der Waals surface area contributed by atoms with Gasteiger partial charge >= 0.3 is 0 Å². The van der Waals surface area contributed by atoms with Crippen molar-refractivity contribution < 1.29 is 27.5 Å². The number of nitrogens with one attached hydrogen (secondary N) is 2. The maximum absolute atomic E-state index is 12.7. The van der Waals surface area contributed by atoms with Crippen molar-refractivity contribution in [2.24, 2.45) is 0 Å². The van der Waals surface area contributed by atoms with Crippen LogP contribution in [0.1, 0.15) is 24.2 Å². The highest BCUT2D eigenvalue weighted by molar-refractivity contribution is 7.89. The number of para-hydroxylation sites is 2. The normalized spacial score (nSPS) is 11.1. The zero-order valence-electron chi connectivity index (χ0n) is 17.3. The summed E-state index contributed by atoms with van der Waals surface area (Å²) in [7, 11) is -2.30. The first kappa shape index (κ1) is 24.4. The van der Waals surface area contributed by atoms with Crippen molar-refractivity contribution in [1.29, 1.82) is 0 Å². The molecule has 0 radical (unpaired) electrons. The Morgan fingerprint density at radius 3 is 2.29 bits per heavy atom. The van der Waals surface area contributed by atoms with Crippen LogP contribution in [0.15, 0.2) is 47.4 Å². The summed E-state index contributed by atoms with van der Waals surface area (Å²) in [5.41, 5.74) is 4.30. The second-order valence-corrected chi connectivity index (χ2v) is 8.52. The quantitative estimate of drug-likeness (QED) is 0.544. The Kier molecular flexibility index (Phi) is 8.66. The summed E-state index contributed by atoms with van der Waals surface area (Å²) in [6.07, 6.45) is 0. The van der Waals surface area contributed by atoms with Crippen molar-refractivity contribution in [3.8, 4) is 11.5 Å². The van der Waals surface area contributed by atoms with Gasteiger partial charge in [0.2, 0.25) is 10.0 Å². The third-order valence-corrected chi connectivity index (χ3v) is 6.64. The number of hydrazine groups is 1. The zero-order valence-corrected chi connectivity index (χ0v) is 18.9. The lowest BCUT2D eigenvalue weighted by molar-refractivity contribution is -0.123. The summed E-state index contributed by atoms with van der Waals surface area (Å²) >= 11 is 6.06. The molecule has 2 aromatic rings. The molecule has 11 heteroatoms. The van der Waals surface area contributed by atoms with Gasteiger partial charge in [0.15, 0.2) is 18.1 Å². The minimum atomic E-state index is -3.78. The van der Waals surface area contributed by atoms with Crippen molar-refractivity contribution in [3.05, 3.63) is 53.1 Å². The van der Waals surface area contributed by atoms with Gasteiger partial charge in [-0.1, -0.05) is 37.6 Å². The maximum Gasteiger partial charge on any atom is 0.276 e. The Labute approximate surface area is 186 Å². The van der Waals surface area contributed by atoms with Crippen LogP contribution in [-0.2, 0) is 14.8 Å². The number of hydrogen-bond acceptors (Lipinski definition) is 6. The number of hydrogen-bond donors (Lipinski definition) is 2. The van der Waals surface area contributed by atoms with Crippen molar-refractivity contribution in [2.45, 2.75) is 18.7 Å². The maximum atomic E-state index is 12.7. The van der Waals surface area contributed by atoms with Gasteiger partial charge in [0.1, 0.15) is 0 Å². The van der Waals surface area contributed by atoms with Gasteiger partial charge < -0.3 is 9.47 Å². The molecule has 0 aliphatic rings. The Hall–Kier alpha value is -2.82. The van der Waals surface area contributed by atoms with E-state index in [1.807, 2.05) is 0 Å². The van der Waals surface area contributed by atoms with Crippen molar-refractivity contribution in [2.75, 3.05) is 26.8 Å². The zero-order chi connectivity index (χ0) is 23.0. The van der Waals surface area contributed by atoms with Crippen LogP contribution in [0.2, 0.25) is 5.02 Å². The number of amides is 2. The van der Waals surface area contributed by atoms with Crippen LogP contribution in [-0.4, -0.2) is 51.3 Å². The number of nitrogens with zero attached hydrogens (tertiary/aromatic N) is 1. The highest BCUT2D eigenvalue weighted by Gasteiger charge is 2.24. The molecule has 9 nitrogen and oxygen atoms in total. The fraction of sp³-hybridized carbons (Fsp3) is 0.300. The lowest BCUT2D eigenvalue weighted by Crippen LogP contribution is -2.44. The Morgan fingerprint density at radius 2 is 1.68 bits per heavy atom. The van der Waals surface area contributed by atoms with E-state index >= 15 is 0 Å². The number of rotatable bonds is 9. The van der Waals surface area contributed by atoms with E-state index in [1.165, 1.54) is 29.6 Å². The minimum Gasteiger partial charge on any atom is -0.493 e. The molecular formula is C20H24ClN3O6S. The van der Waals surface area contributed by atoms with Crippen LogP contribution in [0.3, 0.4) is 0 Å². The van der Waals surface area contributed by atoms with Crippen molar-refractivity contribution in [1.82, 2.24) is 15.2 Å². The molecule has 0 aliphatic heterocycles. The fourth-order valence-corrected chi connectivity index (χ4v) is 4.35. The first-order chi connectivity index (χ1) is 14.7. The standard InChI is InChI=1S/C20H24ClN3O6S/c1-4-24(5-2)31(27,28)14-10-11-16(21)15(12-14)20(26)23-22-19(25)13-30-18-9-7-6-8-17(18)29-3/h6-12H,4-5,13H2,1-3H3,(H,22,25)(H,23,26). The van der Waals surface area contributed by atoms with Crippen molar-refractivity contribution in [3.63, 3.8) is 0 Å². The molecule has 2 aromatic carbocycles. The van der Waals surface area contributed by atoms with E-state index in [9.17, 15) is 18.0 Å². The van der Waals surface area contributed by atoms with Gasteiger partial charge in [0.25, 0.3) is 11.8 Å². The number of carbonyl (C=O) groups is 2. The number of sulfonamides is 1. The SMILES string of the molecule is CCN(CC)S(=O)(=O)c1ccc(Cl)c(C(=O)NNC(=O)COc2ccccc2OC)c1. The van der Waals surface area contributed by atoms with E-state index in [4.69, 9.17) is 21.1 Å². The molecule has 2 N–H and O–H groups in total. The number of carbonyl (C=O) groups excluding carboxylic acids is 2. The Balaban J connectivity index is 2.04. The highest BCUT2D eigenvalue weighted by Crippen LogP contribution is 2.25. The number of ether oxygens (including phenoxy) is 2. The molecule has 168 valence electrons. The summed E-state index contributed by atoms with van der Waals surface area (Å²) in [6.45, 7) is 3.61. The lowest BCUT2D eigenvalue weighted by atomic mass is 10.2. The molecular weight excluding hydrogens is 446 g/mol. The minimum absolute atomic E-state index is 0.0375. The van der Waals surface area contributed by atoms with Crippen LogP contribution in [0.5, 0.6) is 11.5 Å².